The fourth-order valence-corrected chi connectivity index (χ4v) is 2.66. The van der Waals surface area contributed by atoms with Crippen molar-refractivity contribution in [2.75, 3.05) is 14.2 Å². The van der Waals surface area contributed by atoms with Crippen molar-refractivity contribution in [1.29, 1.82) is 0 Å². The number of fused-ring (bicyclic) bond motifs is 1. The van der Waals surface area contributed by atoms with Crippen LogP contribution in [0.25, 0.3) is 0 Å². The minimum Gasteiger partial charge on any atom is -0.644 e. The summed E-state index contributed by atoms with van der Waals surface area (Å²) >= 11 is 0. The first-order valence-corrected chi connectivity index (χ1v) is 6.00. The van der Waals surface area contributed by atoms with Gasteiger partial charge in [-0.1, -0.05) is 0 Å². The highest BCUT2D eigenvalue weighted by molar-refractivity contribution is 7.88. The first-order valence-electron chi connectivity index (χ1n) is 4.59. The molecule has 0 aromatic heterocycles. The Bertz CT molecular complexity index is 541. The number of hydrogen-bond donors (Lipinski definition) is 0. The Kier molecular flexibility index (Phi) is 2.86. The molecule has 2 rings (SSSR count). The molecule has 9 heteroatoms. The van der Waals surface area contributed by atoms with Gasteiger partial charge in [-0.3, -0.25) is 0 Å². The third-order valence-corrected chi connectivity index (χ3v) is 3.62. The van der Waals surface area contributed by atoms with E-state index in [1.165, 1.54) is 20.3 Å². The third-order valence-electron chi connectivity index (χ3n) is 2.27. The smallest absolute Gasteiger partial charge is 0.605 e. The largest absolute Gasteiger partial charge is 0.644 e. The third kappa shape index (κ3) is 2.02. The molecule has 17 heavy (non-hydrogen) atoms. The van der Waals surface area contributed by atoms with E-state index in [4.69, 9.17) is 14.0 Å². The lowest BCUT2D eigenvalue weighted by Crippen LogP contribution is -2.54. The van der Waals surface area contributed by atoms with E-state index >= 15 is 0 Å². The van der Waals surface area contributed by atoms with Crippen molar-refractivity contribution in [2.45, 2.75) is 4.90 Å². The summed E-state index contributed by atoms with van der Waals surface area (Å²) in [6, 6.07) is 3.03. The molecule has 0 fully saturated rings. The summed E-state index contributed by atoms with van der Waals surface area (Å²) in [7, 11) is -1.84. The highest BCUT2D eigenvalue weighted by atomic mass is 32.2. The van der Waals surface area contributed by atoms with Gasteiger partial charge in [-0.2, -0.15) is 8.42 Å². The first-order chi connectivity index (χ1) is 7.92. The number of rotatable bonds is 2. The number of benzene rings is 1. The Morgan fingerprint density at radius 2 is 1.94 bits per heavy atom. The van der Waals surface area contributed by atoms with Crippen molar-refractivity contribution in [3.8, 4) is 5.75 Å². The molecule has 0 saturated carbocycles. The highest BCUT2D eigenvalue weighted by Gasteiger charge is 2.43. The summed E-state index contributed by atoms with van der Waals surface area (Å²) in [5.74, 6) is -0.796. The van der Waals surface area contributed by atoms with Crippen LogP contribution in [0.4, 0.5) is 4.39 Å². The van der Waals surface area contributed by atoms with Gasteiger partial charge in [0.2, 0.25) is 0 Å². The minimum atomic E-state index is -4.18. The summed E-state index contributed by atoms with van der Waals surface area (Å²) in [6.45, 7) is -2.88. The Labute approximate surface area is 97.4 Å². The van der Waals surface area contributed by atoms with Gasteiger partial charge in [0, 0.05) is 0 Å². The van der Waals surface area contributed by atoms with E-state index in [2.05, 4.69) is 4.10 Å². The van der Waals surface area contributed by atoms with Gasteiger partial charge in [0.25, 0.3) is 10.1 Å². The van der Waals surface area contributed by atoms with Gasteiger partial charge in [0.05, 0.1) is 5.75 Å². The van der Waals surface area contributed by atoms with Crippen LogP contribution in [0, 0.1) is 5.82 Å². The minimum absolute atomic E-state index is 0.0821. The summed E-state index contributed by atoms with van der Waals surface area (Å²) in [6.07, 6.45) is 0. The summed E-state index contributed by atoms with van der Waals surface area (Å²) in [5.41, 5.74) is 0. The maximum absolute atomic E-state index is 13.0. The fourth-order valence-electron chi connectivity index (χ4n) is 1.43. The van der Waals surface area contributed by atoms with Crippen molar-refractivity contribution in [3.63, 3.8) is 0 Å². The molecule has 1 aromatic rings. The summed E-state index contributed by atoms with van der Waals surface area (Å²) in [5, 5.41) is 0. The zero-order valence-electron chi connectivity index (χ0n) is 9.05. The quantitative estimate of drug-likeness (QED) is 0.729. The number of halogens is 1. The van der Waals surface area contributed by atoms with Crippen LogP contribution >= 0.6 is 0 Å². The molecule has 0 unspecified atom stereocenters. The predicted molar refractivity (Wildman–Crippen MR) is 55.1 cm³/mol. The molecule has 6 nitrogen and oxygen atoms in total. The van der Waals surface area contributed by atoms with E-state index in [0.717, 1.165) is 12.1 Å². The van der Waals surface area contributed by atoms with Gasteiger partial charge in [0.1, 0.15) is 10.7 Å². The van der Waals surface area contributed by atoms with Crippen LogP contribution in [0.15, 0.2) is 23.1 Å². The topological polar surface area (TPSA) is 71.1 Å². The molecule has 0 atom stereocenters. The normalized spacial score (nSPS) is 20.4. The average molecular weight is 263 g/mol. The van der Waals surface area contributed by atoms with E-state index in [1.807, 2.05) is 0 Å². The van der Waals surface area contributed by atoms with Crippen molar-refractivity contribution in [2.24, 2.45) is 0 Å². The van der Waals surface area contributed by atoms with Gasteiger partial charge >= 0.3 is 6.96 Å². The van der Waals surface area contributed by atoms with Gasteiger partial charge < -0.3 is 18.1 Å². The zero-order chi connectivity index (χ0) is 12.7. The van der Waals surface area contributed by atoms with Crippen molar-refractivity contribution in [1.82, 2.24) is 0 Å². The molecule has 94 valence electrons. The number of hydrogen-bond acceptors (Lipinski definition) is 6. The second-order valence-electron chi connectivity index (χ2n) is 3.31. The summed E-state index contributed by atoms with van der Waals surface area (Å²) in [4.78, 5) is -0.399. The molecular weight excluding hydrogens is 254 g/mol. The van der Waals surface area contributed by atoms with Gasteiger partial charge in [-0.25, -0.2) is 4.39 Å². The van der Waals surface area contributed by atoms with E-state index < -0.39 is 27.8 Å². The lowest BCUT2D eigenvalue weighted by Gasteiger charge is -2.41. The standard InChI is InChI=1S/C8H9BFO6S/c1-13-9(14-2)15-7-4-3-6(10)5-8(7)17(11,12)16-9/h3-5H,1-2H3/q-1. The van der Waals surface area contributed by atoms with Crippen LogP contribution in [-0.4, -0.2) is 29.6 Å². The molecule has 1 heterocycles. The van der Waals surface area contributed by atoms with Crippen LogP contribution < -0.4 is 4.65 Å². The Morgan fingerprint density at radius 3 is 2.53 bits per heavy atom. The van der Waals surface area contributed by atoms with Crippen LogP contribution in [-0.2, 0) is 23.5 Å². The van der Waals surface area contributed by atoms with E-state index in [0.29, 0.717) is 0 Å². The van der Waals surface area contributed by atoms with Gasteiger partial charge in [-0.15, -0.1) is 0 Å². The maximum atomic E-state index is 13.0. The van der Waals surface area contributed by atoms with Gasteiger partial charge in [-0.05, 0) is 32.4 Å². The molecule has 0 spiro atoms. The van der Waals surface area contributed by atoms with Crippen molar-refractivity contribution >= 4 is 17.1 Å². The molecule has 0 aliphatic carbocycles. The Hall–Kier alpha value is -1.16. The lowest BCUT2D eigenvalue weighted by molar-refractivity contribution is 0.0783. The lowest BCUT2D eigenvalue weighted by atomic mass is 10.1. The maximum Gasteiger partial charge on any atom is 0.605 e. The SMILES string of the molecule is CO[B-]1(OC)Oc2ccc(F)cc2S(=O)(=O)O1. The molecule has 1 aliphatic rings. The average Bonchev–Trinajstić information content (AvgIpc) is 2.29. The monoisotopic (exact) mass is 263 g/mol. The van der Waals surface area contributed by atoms with Crippen LogP contribution in [0.3, 0.4) is 0 Å². The van der Waals surface area contributed by atoms with Crippen LogP contribution in [0.1, 0.15) is 0 Å². The fraction of sp³-hybridized carbons (Fsp3) is 0.250. The second kappa shape index (κ2) is 3.95. The second-order valence-corrected chi connectivity index (χ2v) is 4.85. The summed E-state index contributed by atoms with van der Waals surface area (Å²) < 4.78 is 55.8. The van der Waals surface area contributed by atoms with E-state index in [1.54, 1.807) is 0 Å². The van der Waals surface area contributed by atoms with Crippen LogP contribution in [0.2, 0.25) is 0 Å². The van der Waals surface area contributed by atoms with Crippen LogP contribution in [0.5, 0.6) is 5.75 Å². The van der Waals surface area contributed by atoms with E-state index in [9.17, 15) is 12.8 Å². The Balaban J connectivity index is 2.59. The van der Waals surface area contributed by atoms with Gasteiger partial charge in [0.15, 0.2) is 0 Å². The molecule has 0 saturated heterocycles. The predicted octanol–water partition coefficient (Wildman–Crippen LogP) is 0.652. The van der Waals surface area contributed by atoms with Crippen molar-refractivity contribution < 1.29 is 30.9 Å². The molecule has 0 N–H and O–H groups in total. The molecular formula is C8H9BFO6S-. The first kappa shape index (κ1) is 12.3. The molecule has 1 aromatic carbocycles. The van der Waals surface area contributed by atoms with Crippen molar-refractivity contribution in [3.05, 3.63) is 24.0 Å². The highest BCUT2D eigenvalue weighted by Crippen LogP contribution is 2.35. The Morgan fingerprint density at radius 1 is 1.29 bits per heavy atom. The zero-order valence-corrected chi connectivity index (χ0v) is 9.86. The molecule has 0 radical (unpaired) electrons. The van der Waals surface area contributed by atoms with E-state index in [-0.39, 0.29) is 5.75 Å². The molecule has 0 amide bonds. The molecule has 0 bridgehead atoms. The molecule has 1 aliphatic heterocycles.